The van der Waals surface area contributed by atoms with Crippen LogP contribution in [0.2, 0.25) is 0 Å². The van der Waals surface area contributed by atoms with Gasteiger partial charge in [-0.25, -0.2) is 4.98 Å². The summed E-state index contributed by atoms with van der Waals surface area (Å²) in [6.07, 6.45) is 1.81. The Kier molecular flexibility index (Phi) is 7.16. The molecule has 0 spiro atoms. The molecule has 1 atom stereocenters. The third kappa shape index (κ3) is 4.65. The molecule has 4 rings (SSSR count). The number of hydrogen-bond donors (Lipinski definition) is 1. The lowest BCUT2D eigenvalue weighted by Crippen LogP contribution is -2.27. The molecule has 3 aromatic rings. The van der Waals surface area contributed by atoms with Crippen LogP contribution < -0.4 is 14.8 Å². The van der Waals surface area contributed by atoms with E-state index in [2.05, 4.69) is 10.3 Å². The molecule has 186 valence electrons. The summed E-state index contributed by atoms with van der Waals surface area (Å²) in [4.78, 5) is 9.44. The van der Waals surface area contributed by atoms with Crippen LogP contribution in [0, 0.1) is 13.8 Å². The maximum atomic E-state index is 13.8. The molecular weight excluding hydrogens is 464 g/mol. The van der Waals surface area contributed by atoms with E-state index in [1.807, 2.05) is 50.5 Å². The van der Waals surface area contributed by atoms with E-state index in [1.165, 1.54) is 0 Å². The molecular formula is C26H32N4O4S. The average Bonchev–Trinajstić information content (AvgIpc) is 3.21. The van der Waals surface area contributed by atoms with Crippen LogP contribution in [0.15, 0.2) is 52.2 Å². The smallest absolute Gasteiger partial charge is 0.200 e. The largest absolute Gasteiger partial charge is 0.497 e. The standard InChI is InChI=1S/C26H32N4O4S/c1-15-11-27-21(17(3)24(15)33-6)13-30-23-9-8-19(32-5)10-20(23)29-26(30)35(31)14-22-18(4)25(34-7)16(2)12-28-22/h8-11,28H,12-14H2,1-7H3/t35-/m1/s1. The number of nitrogens with zero attached hydrogens (tertiary/aromatic N) is 3. The third-order valence-electron chi connectivity index (χ3n) is 6.41. The van der Waals surface area contributed by atoms with Gasteiger partial charge in [0.2, 0.25) is 5.16 Å². The van der Waals surface area contributed by atoms with Gasteiger partial charge in [-0.2, -0.15) is 0 Å². The van der Waals surface area contributed by atoms with E-state index in [9.17, 15) is 4.21 Å². The minimum absolute atomic E-state index is 0.302. The minimum atomic E-state index is -1.42. The normalized spacial score (nSPS) is 14.8. The average molecular weight is 497 g/mol. The number of allylic oxidation sites excluding steroid dienone is 1. The molecule has 0 saturated heterocycles. The zero-order chi connectivity index (χ0) is 25.3. The van der Waals surface area contributed by atoms with E-state index in [0.717, 1.165) is 56.2 Å². The topological polar surface area (TPSA) is 87.5 Å². The minimum Gasteiger partial charge on any atom is -0.497 e. The van der Waals surface area contributed by atoms with Gasteiger partial charge in [0.05, 0.1) is 61.2 Å². The summed E-state index contributed by atoms with van der Waals surface area (Å²) in [5.41, 5.74) is 7.34. The van der Waals surface area contributed by atoms with Crippen molar-refractivity contribution in [2.24, 2.45) is 0 Å². The van der Waals surface area contributed by atoms with Crippen molar-refractivity contribution >= 4 is 21.8 Å². The number of fused-ring (bicyclic) bond motifs is 1. The van der Waals surface area contributed by atoms with Crippen LogP contribution in [0.25, 0.3) is 11.0 Å². The number of pyridine rings is 1. The zero-order valence-electron chi connectivity index (χ0n) is 21.3. The molecule has 0 fully saturated rings. The van der Waals surface area contributed by atoms with E-state index in [1.54, 1.807) is 27.5 Å². The lowest BCUT2D eigenvalue weighted by Gasteiger charge is -2.23. The van der Waals surface area contributed by atoms with Gasteiger partial charge in [-0.15, -0.1) is 0 Å². The predicted molar refractivity (Wildman–Crippen MR) is 137 cm³/mol. The summed E-state index contributed by atoms with van der Waals surface area (Å²) < 4.78 is 32.3. The Labute approximate surface area is 208 Å². The first-order valence-electron chi connectivity index (χ1n) is 11.4. The maximum Gasteiger partial charge on any atom is 0.200 e. The van der Waals surface area contributed by atoms with Crippen LogP contribution in [0.4, 0.5) is 0 Å². The van der Waals surface area contributed by atoms with Crippen molar-refractivity contribution in [2.75, 3.05) is 33.6 Å². The summed E-state index contributed by atoms with van der Waals surface area (Å²) in [6.45, 7) is 9.06. The van der Waals surface area contributed by atoms with Crippen LogP contribution in [0.1, 0.15) is 30.7 Å². The van der Waals surface area contributed by atoms with Crippen LogP contribution in [0.5, 0.6) is 11.5 Å². The number of methoxy groups -OCH3 is 3. The molecule has 1 N–H and O–H groups in total. The highest BCUT2D eigenvalue weighted by Gasteiger charge is 2.23. The number of benzene rings is 1. The maximum absolute atomic E-state index is 13.8. The Bertz CT molecular complexity index is 1370. The number of nitrogens with one attached hydrogen (secondary N) is 1. The van der Waals surface area contributed by atoms with Gasteiger partial charge in [0.1, 0.15) is 17.3 Å². The number of hydrogen-bond acceptors (Lipinski definition) is 7. The molecule has 8 nitrogen and oxygen atoms in total. The number of dihydropyridines is 1. The molecule has 0 amide bonds. The highest BCUT2D eigenvalue weighted by atomic mass is 32.2. The van der Waals surface area contributed by atoms with Crippen molar-refractivity contribution in [3.63, 3.8) is 0 Å². The molecule has 3 heterocycles. The predicted octanol–water partition coefficient (Wildman–Crippen LogP) is 4.02. The summed E-state index contributed by atoms with van der Waals surface area (Å²) in [6, 6.07) is 5.69. The highest BCUT2D eigenvalue weighted by molar-refractivity contribution is 7.85. The molecule has 1 aliphatic rings. The second-order valence-corrected chi connectivity index (χ2v) is 9.99. The van der Waals surface area contributed by atoms with Crippen molar-refractivity contribution in [3.8, 4) is 11.5 Å². The lowest BCUT2D eigenvalue weighted by atomic mass is 10.1. The van der Waals surface area contributed by atoms with Crippen LogP contribution in [-0.4, -0.2) is 52.4 Å². The molecule has 9 heteroatoms. The Morgan fingerprint density at radius 3 is 2.54 bits per heavy atom. The number of aromatic nitrogens is 3. The third-order valence-corrected chi connectivity index (χ3v) is 7.68. The number of aryl methyl sites for hydroxylation is 1. The first kappa shape index (κ1) is 24.8. The van der Waals surface area contributed by atoms with Gasteiger partial charge in [-0.3, -0.25) is 9.19 Å². The monoisotopic (exact) mass is 496 g/mol. The molecule has 0 bridgehead atoms. The molecule has 0 unspecified atom stereocenters. The Hall–Kier alpha value is -3.33. The number of rotatable bonds is 8. The Morgan fingerprint density at radius 1 is 1.09 bits per heavy atom. The summed E-state index contributed by atoms with van der Waals surface area (Å²) in [5, 5.41) is 3.89. The highest BCUT2D eigenvalue weighted by Crippen LogP contribution is 2.29. The molecule has 35 heavy (non-hydrogen) atoms. The lowest BCUT2D eigenvalue weighted by molar-refractivity contribution is 0.291. The van der Waals surface area contributed by atoms with Gasteiger partial charge in [0.15, 0.2) is 0 Å². The van der Waals surface area contributed by atoms with Gasteiger partial charge in [-0.05, 0) is 45.4 Å². The van der Waals surface area contributed by atoms with Crippen molar-refractivity contribution in [1.82, 2.24) is 19.9 Å². The van der Waals surface area contributed by atoms with Gasteiger partial charge in [0.25, 0.3) is 0 Å². The van der Waals surface area contributed by atoms with Crippen LogP contribution >= 0.6 is 0 Å². The van der Waals surface area contributed by atoms with Gasteiger partial charge in [-0.1, -0.05) is 0 Å². The fourth-order valence-electron chi connectivity index (χ4n) is 4.51. The molecule has 1 aromatic carbocycles. The molecule has 0 saturated carbocycles. The number of ether oxygens (including phenoxy) is 3. The van der Waals surface area contributed by atoms with Crippen LogP contribution in [0.3, 0.4) is 0 Å². The zero-order valence-corrected chi connectivity index (χ0v) is 22.1. The summed E-state index contributed by atoms with van der Waals surface area (Å²) in [5.74, 6) is 2.66. The molecule has 0 aliphatic carbocycles. The van der Waals surface area contributed by atoms with Gasteiger partial charge in [0, 0.05) is 41.2 Å². The molecule has 2 aromatic heterocycles. The van der Waals surface area contributed by atoms with E-state index < -0.39 is 10.8 Å². The fraction of sp³-hybridized carbons (Fsp3) is 0.385. The first-order valence-corrected chi connectivity index (χ1v) is 12.7. The summed E-state index contributed by atoms with van der Waals surface area (Å²) >= 11 is 0. The van der Waals surface area contributed by atoms with Crippen molar-refractivity contribution in [3.05, 3.63) is 63.8 Å². The second kappa shape index (κ2) is 10.1. The van der Waals surface area contributed by atoms with Gasteiger partial charge < -0.3 is 24.1 Å². The SMILES string of the molecule is COC1=C(C)CNC(C[S@@](=O)c2nc3cc(OC)ccc3n2Cc2ncc(C)c(OC)c2C)=C1C. The summed E-state index contributed by atoms with van der Waals surface area (Å²) in [7, 11) is 3.53. The molecule has 0 radical (unpaired) electrons. The second-order valence-electron chi connectivity index (χ2n) is 8.64. The van der Waals surface area contributed by atoms with Gasteiger partial charge >= 0.3 is 0 Å². The first-order chi connectivity index (χ1) is 16.8. The Balaban J connectivity index is 1.79. The quantitative estimate of drug-likeness (QED) is 0.504. The van der Waals surface area contributed by atoms with Crippen LogP contribution in [-0.2, 0) is 22.1 Å². The number of imidazole rings is 1. The molecule has 1 aliphatic heterocycles. The van der Waals surface area contributed by atoms with Crippen molar-refractivity contribution < 1.29 is 18.4 Å². The van der Waals surface area contributed by atoms with E-state index in [-0.39, 0.29) is 0 Å². The van der Waals surface area contributed by atoms with E-state index in [0.29, 0.717) is 29.7 Å². The van der Waals surface area contributed by atoms with Crippen molar-refractivity contribution in [2.45, 2.75) is 39.4 Å². The van der Waals surface area contributed by atoms with Crippen molar-refractivity contribution in [1.29, 1.82) is 0 Å². The van der Waals surface area contributed by atoms with E-state index >= 15 is 0 Å². The fourth-order valence-corrected chi connectivity index (χ4v) is 5.83. The Morgan fingerprint density at radius 2 is 1.86 bits per heavy atom. The van der Waals surface area contributed by atoms with E-state index in [4.69, 9.17) is 19.2 Å².